The first-order valence-electron chi connectivity index (χ1n) is 5.87. The van der Waals surface area contributed by atoms with Gasteiger partial charge in [-0.05, 0) is 30.7 Å². The summed E-state index contributed by atoms with van der Waals surface area (Å²) < 4.78 is 41.2. The molecule has 0 unspecified atom stereocenters. The van der Waals surface area contributed by atoms with Crippen LogP contribution in [0.2, 0.25) is 0 Å². The Bertz CT molecular complexity index is 729. The smallest absolute Gasteiger partial charge is 0.238 e. The van der Waals surface area contributed by atoms with Crippen LogP contribution in [0, 0.1) is 12.7 Å². The van der Waals surface area contributed by atoms with E-state index in [1.54, 1.807) is 0 Å². The zero-order valence-electron chi connectivity index (χ0n) is 10.8. The van der Waals surface area contributed by atoms with E-state index in [1.807, 2.05) is 31.2 Å². The van der Waals surface area contributed by atoms with Gasteiger partial charge in [0.15, 0.2) is 11.6 Å². The summed E-state index contributed by atoms with van der Waals surface area (Å²) in [6.45, 7) is 2.15. The van der Waals surface area contributed by atoms with Gasteiger partial charge < -0.3 is 4.74 Å². The summed E-state index contributed by atoms with van der Waals surface area (Å²) in [5, 5.41) is 4.92. The van der Waals surface area contributed by atoms with Crippen molar-refractivity contribution in [3.63, 3.8) is 0 Å². The van der Waals surface area contributed by atoms with E-state index in [-0.39, 0.29) is 17.3 Å². The van der Waals surface area contributed by atoms with E-state index in [9.17, 15) is 12.8 Å². The van der Waals surface area contributed by atoms with Crippen LogP contribution in [0.15, 0.2) is 47.4 Å². The number of aryl methyl sites for hydroxylation is 1. The van der Waals surface area contributed by atoms with Gasteiger partial charge in [-0.1, -0.05) is 29.8 Å². The molecule has 2 rings (SSSR count). The van der Waals surface area contributed by atoms with Crippen molar-refractivity contribution in [1.82, 2.24) is 0 Å². The molecule has 20 heavy (non-hydrogen) atoms. The van der Waals surface area contributed by atoms with Crippen molar-refractivity contribution in [2.24, 2.45) is 5.14 Å². The second-order valence-electron chi connectivity index (χ2n) is 4.41. The van der Waals surface area contributed by atoms with E-state index in [2.05, 4.69) is 0 Å². The quantitative estimate of drug-likeness (QED) is 0.941. The summed E-state index contributed by atoms with van der Waals surface area (Å²) in [5.41, 5.74) is 1.98. The molecule has 0 aliphatic carbocycles. The first-order valence-corrected chi connectivity index (χ1v) is 7.41. The standard InChI is InChI=1S/C14H14FNO3S/c1-10-3-2-4-11(7-10)9-19-14-6-5-12(8-13(14)15)20(16,17)18/h2-8H,9H2,1H3,(H2,16,17,18). The fraction of sp³-hybridized carbons (Fsp3) is 0.143. The van der Waals surface area contributed by atoms with Crippen LogP contribution >= 0.6 is 0 Å². The van der Waals surface area contributed by atoms with Crippen molar-refractivity contribution in [3.05, 3.63) is 59.4 Å². The van der Waals surface area contributed by atoms with Gasteiger partial charge in [0, 0.05) is 0 Å². The van der Waals surface area contributed by atoms with Gasteiger partial charge in [0.1, 0.15) is 6.61 Å². The third-order valence-corrected chi connectivity index (χ3v) is 3.62. The molecule has 0 heterocycles. The monoisotopic (exact) mass is 295 g/mol. The molecule has 0 aromatic heterocycles. The summed E-state index contributed by atoms with van der Waals surface area (Å²) in [4.78, 5) is -0.280. The number of nitrogens with two attached hydrogens (primary N) is 1. The molecule has 0 amide bonds. The van der Waals surface area contributed by atoms with E-state index in [1.165, 1.54) is 12.1 Å². The molecular weight excluding hydrogens is 281 g/mol. The average Bonchev–Trinajstić information content (AvgIpc) is 2.36. The highest BCUT2D eigenvalue weighted by atomic mass is 32.2. The Morgan fingerprint density at radius 3 is 2.55 bits per heavy atom. The van der Waals surface area contributed by atoms with Crippen LogP contribution in [-0.4, -0.2) is 8.42 Å². The average molecular weight is 295 g/mol. The van der Waals surface area contributed by atoms with Crippen LogP contribution in [-0.2, 0) is 16.6 Å². The van der Waals surface area contributed by atoms with Crippen molar-refractivity contribution in [3.8, 4) is 5.75 Å². The number of sulfonamides is 1. The van der Waals surface area contributed by atoms with Gasteiger partial charge in [-0.25, -0.2) is 17.9 Å². The molecule has 0 aliphatic rings. The van der Waals surface area contributed by atoms with Crippen LogP contribution in [0.3, 0.4) is 0 Å². The first-order chi connectivity index (χ1) is 9.36. The van der Waals surface area contributed by atoms with Crippen molar-refractivity contribution >= 4 is 10.0 Å². The van der Waals surface area contributed by atoms with Crippen LogP contribution in [0.5, 0.6) is 5.75 Å². The second kappa shape index (κ2) is 5.60. The van der Waals surface area contributed by atoms with Crippen LogP contribution in [0.1, 0.15) is 11.1 Å². The molecule has 0 radical (unpaired) electrons. The van der Waals surface area contributed by atoms with Gasteiger partial charge in [-0.3, -0.25) is 0 Å². The largest absolute Gasteiger partial charge is 0.486 e. The van der Waals surface area contributed by atoms with Crippen molar-refractivity contribution in [2.75, 3.05) is 0 Å². The Balaban J connectivity index is 2.15. The Kier molecular flexibility index (Phi) is 4.06. The van der Waals surface area contributed by atoms with E-state index in [0.717, 1.165) is 17.2 Å². The number of hydrogen-bond donors (Lipinski definition) is 1. The predicted octanol–water partition coefficient (Wildman–Crippen LogP) is 2.36. The van der Waals surface area contributed by atoms with E-state index in [0.29, 0.717) is 0 Å². The number of ether oxygens (including phenoxy) is 1. The molecule has 0 saturated heterocycles. The SMILES string of the molecule is Cc1cccc(COc2ccc(S(N)(=O)=O)cc2F)c1. The number of hydrogen-bond acceptors (Lipinski definition) is 3. The number of benzene rings is 2. The molecular formula is C14H14FNO3S. The summed E-state index contributed by atoms with van der Waals surface area (Å²) in [5.74, 6) is -0.775. The van der Waals surface area contributed by atoms with Crippen molar-refractivity contribution in [2.45, 2.75) is 18.4 Å². The van der Waals surface area contributed by atoms with Gasteiger partial charge in [-0.2, -0.15) is 0 Å². The lowest BCUT2D eigenvalue weighted by molar-refractivity contribution is 0.290. The zero-order chi connectivity index (χ0) is 14.8. The van der Waals surface area contributed by atoms with Gasteiger partial charge in [-0.15, -0.1) is 0 Å². The molecule has 2 N–H and O–H groups in total. The predicted molar refractivity (Wildman–Crippen MR) is 73.3 cm³/mol. The Morgan fingerprint density at radius 1 is 1.20 bits per heavy atom. The topological polar surface area (TPSA) is 69.4 Å². The van der Waals surface area contributed by atoms with Gasteiger partial charge in [0.05, 0.1) is 4.90 Å². The number of primary sulfonamides is 1. The minimum Gasteiger partial charge on any atom is -0.486 e. The van der Waals surface area contributed by atoms with Crippen LogP contribution in [0.25, 0.3) is 0 Å². The molecule has 6 heteroatoms. The molecule has 0 bridgehead atoms. The van der Waals surface area contributed by atoms with Gasteiger partial charge in [0.2, 0.25) is 10.0 Å². The third kappa shape index (κ3) is 3.55. The molecule has 0 saturated carbocycles. The molecule has 2 aromatic rings. The maximum atomic E-state index is 13.7. The number of halogens is 1. The Labute approximate surface area is 117 Å². The highest BCUT2D eigenvalue weighted by molar-refractivity contribution is 7.89. The van der Waals surface area contributed by atoms with E-state index < -0.39 is 15.8 Å². The summed E-state index contributed by atoms with van der Waals surface area (Å²) in [6, 6.07) is 10.9. The highest BCUT2D eigenvalue weighted by Gasteiger charge is 2.12. The van der Waals surface area contributed by atoms with Crippen molar-refractivity contribution in [1.29, 1.82) is 0 Å². The maximum absolute atomic E-state index is 13.7. The van der Waals surface area contributed by atoms with Crippen molar-refractivity contribution < 1.29 is 17.5 Å². The second-order valence-corrected chi connectivity index (χ2v) is 5.98. The third-order valence-electron chi connectivity index (χ3n) is 2.71. The lowest BCUT2D eigenvalue weighted by Gasteiger charge is -2.08. The molecule has 0 atom stereocenters. The number of rotatable bonds is 4. The molecule has 0 fully saturated rings. The van der Waals surface area contributed by atoms with Crippen LogP contribution < -0.4 is 9.88 Å². The van der Waals surface area contributed by atoms with Gasteiger partial charge in [0.25, 0.3) is 0 Å². The Hall–Kier alpha value is -1.92. The van der Waals surface area contributed by atoms with E-state index in [4.69, 9.17) is 9.88 Å². The lowest BCUT2D eigenvalue weighted by Crippen LogP contribution is -2.12. The van der Waals surface area contributed by atoms with Gasteiger partial charge >= 0.3 is 0 Å². The minimum atomic E-state index is -3.91. The first kappa shape index (κ1) is 14.5. The molecule has 0 aliphatic heterocycles. The van der Waals surface area contributed by atoms with Crippen LogP contribution in [0.4, 0.5) is 4.39 Å². The maximum Gasteiger partial charge on any atom is 0.238 e. The molecule has 4 nitrogen and oxygen atoms in total. The molecule has 0 spiro atoms. The molecule has 106 valence electrons. The summed E-state index contributed by atoms with van der Waals surface area (Å²) >= 11 is 0. The molecule has 2 aromatic carbocycles. The highest BCUT2D eigenvalue weighted by Crippen LogP contribution is 2.21. The summed E-state index contributed by atoms with van der Waals surface area (Å²) in [7, 11) is -3.91. The fourth-order valence-corrected chi connectivity index (χ4v) is 2.26. The Morgan fingerprint density at radius 2 is 1.95 bits per heavy atom. The normalized spacial score (nSPS) is 11.3. The van der Waals surface area contributed by atoms with E-state index >= 15 is 0 Å². The zero-order valence-corrected chi connectivity index (χ0v) is 11.7. The summed E-state index contributed by atoms with van der Waals surface area (Å²) in [6.07, 6.45) is 0. The fourth-order valence-electron chi connectivity index (χ4n) is 1.74. The lowest BCUT2D eigenvalue weighted by atomic mass is 10.1. The minimum absolute atomic E-state index is 0.0149.